The van der Waals surface area contributed by atoms with Crippen LogP contribution in [0.15, 0.2) is 91.0 Å². The normalized spacial score (nSPS) is 10.8. The predicted octanol–water partition coefficient (Wildman–Crippen LogP) is 6.09. The summed E-state index contributed by atoms with van der Waals surface area (Å²) < 4.78 is 6.16. The fraction of sp³-hybridized carbons (Fsp3) is 0.179. The summed E-state index contributed by atoms with van der Waals surface area (Å²) in [6, 6.07) is 30.9. The minimum absolute atomic E-state index is 0.0860. The number of hydrogen-bond acceptors (Lipinski definition) is 3. The van der Waals surface area contributed by atoms with Crippen molar-refractivity contribution in [2.45, 2.75) is 25.8 Å². The van der Waals surface area contributed by atoms with Gasteiger partial charge in [0.15, 0.2) is 0 Å². The van der Waals surface area contributed by atoms with E-state index in [0.717, 1.165) is 29.0 Å². The maximum absolute atomic E-state index is 11.1. The van der Waals surface area contributed by atoms with Gasteiger partial charge < -0.3 is 15.2 Å². The van der Waals surface area contributed by atoms with Gasteiger partial charge in [0, 0.05) is 25.1 Å². The quantitative estimate of drug-likeness (QED) is 0.323. The molecule has 32 heavy (non-hydrogen) atoms. The molecule has 0 atom stereocenters. The van der Waals surface area contributed by atoms with Gasteiger partial charge in [0.1, 0.15) is 5.75 Å². The van der Waals surface area contributed by atoms with E-state index in [1.54, 1.807) is 0 Å². The molecule has 2 N–H and O–H groups in total. The molecule has 0 aliphatic heterocycles. The second-order valence-electron chi connectivity index (χ2n) is 7.84. The Balaban J connectivity index is 1.43. The van der Waals surface area contributed by atoms with Gasteiger partial charge in [-0.3, -0.25) is 4.79 Å². The van der Waals surface area contributed by atoms with Gasteiger partial charge in [-0.2, -0.15) is 0 Å². The van der Waals surface area contributed by atoms with Crippen LogP contribution in [0, 0.1) is 0 Å². The zero-order chi connectivity index (χ0) is 22.2. The Bertz CT molecular complexity index is 1190. The van der Waals surface area contributed by atoms with Crippen molar-refractivity contribution in [3.05, 3.63) is 108 Å². The summed E-state index contributed by atoms with van der Waals surface area (Å²) in [6.45, 7) is 1.21. The van der Waals surface area contributed by atoms with Crippen molar-refractivity contribution in [1.29, 1.82) is 0 Å². The lowest BCUT2D eigenvalue weighted by Gasteiger charge is -2.14. The molecule has 0 heterocycles. The number of nitrogens with one attached hydrogen (secondary N) is 1. The standard InChI is InChI=1S/C28H27NO3/c30-28(31)15-14-24-13-11-22(20-29-26-8-2-1-3-9-26)19-27(24)32-17-16-21-10-12-23-6-4-5-7-25(23)18-21/h1-13,18-19,29H,14-17,20H2,(H,30,31). The van der Waals surface area contributed by atoms with Crippen LogP contribution in [0.4, 0.5) is 5.69 Å². The summed E-state index contributed by atoms with van der Waals surface area (Å²) in [5, 5.41) is 14.9. The van der Waals surface area contributed by atoms with Crippen LogP contribution >= 0.6 is 0 Å². The molecule has 162 valence electrons. The highest BCUT2D eigenvalue weighted by molar-refractivity contribution is 5.83. The molecule has 4 aromatic rings. The molecule has 0 saturated heterocycles. The van der Waals surface area contributed by atoms with Crippen molar-refractivity contribution >= 4 is 22.4 Å². The Morgan fingerprint density at radius 1 is 0.781 bits per heavy atom. The topological polar surface area (TPSA) is 58.6 Å². The molecule has 0 spiro atoms. The fourth-order valence-corrected chi connectivity index (χ4v) is 3.72. The molecule has 0 aliphatic rings. The highest BCUT2D eigenvalue weighted by Gasteiger charge is 2.09. The Kier molecular flexibility index (Phi) is 7.03. The number of carboxylic acids is 1. The van der Waals surface area contributed by atoms with Gasteiger partial charge in [-0.25, -0.2) is 0 Å². The summed E-state index contributed by atoms with van der Waals surface area (Å²) in [5.74, 6) is -0.0404. The first-order valence-electron chi connectivity index (χ1n) is 10.9. The molecule has 0 aromatic heterocycles. The van der Waals surface area contributed by atoms with Crippen molar-refractivity contribution in [2.75, 3.05) is 11.9 Å². The predicted molar refractivity (Wildman–Crippen MR) is 129 cm³/mol. The van der Waals surface area contributed by atoms with Gasteiger partial charge in [0.05, 0.1) is 6.61 Å². The van der Waals surface area contributed by atoms with Gasteiger partial charge >= 0.3 is 5.97 Å². The van der Waals surface area contributed by atoms with E-state index in [0.29, 0.717) is 19.6 Å². The first kappa shape index (κ1) is 21.4. The van der Waals surface area contributed by atoms with Crippen molar-refractivity contribution < 1.29 is 14.6 Å². The lowest BCUT2D eigenvalue weighted by molar-refractivity contribution is -0.136. The molecule has 4 heteroatoms. The molecule has 0 unspecified atom stereocenters. The number of fused-ring (bicyclic) bond motifs is 1. The summed E-state index contributed by atoms with van der Waals surface area (Å²) >= 11 is 0. The van der Waals surface area contributed by atoms with Crippen LogP contribution in [-0.2, 0) is 24.2 Å². The average Bonchev–Trinajstić information content (AvgIpc) is 2.82. The summed E-state index contributed by atoms with van der Waals surface area (Å²) in [4.78, 5) is 11.1. The number of aliphatic carboxylic acids is 1. The number of rotatable bonds is 10. The average molecular weight is 426 g/mol. The monoisotopic (exact) mass is 425 g/mol. The van der Waals surface area contributed by atoms with E-state index < -0.39 is 5.97 Å². The van der Waals surface area contributed by atoms with E-state index in [9.17, 15) is 4.79 Å². The number of ether oxygens (including phenoxy) is 1. The lowest BCUT2D eigenvalue weighted by atomic mass is 10.0. The Labute approximate surface area is 188 Å². The fourth-order valence-electron chi connectivity index (χ4n) is 3.72. The van der Waals surface area contributed by atoms with Crippen molar-refractivity contribution in [3.8, 4) is 5.75 Å². The molecular formula is C28H27NO3. The number of benzene rings is 4. The van der Waals surface area contributed by atoms with Crippen LogP contribution < -0.4 is 10.1 Å². The van der Waals surface area contributed by atoms with Gasteiger partial charge in [-0.05, 0) is 52.1 Å². The van der Waals surface area contributed by atoms with Crippen LogP contribution in [-0.4, -0.2) is 17.7 Å². The number of para-hydroxylation sites is 1. The third-order valence-electron chi connectivity index (χ3n) is 5.47. The van der Waals surface area contributed by atoms with Gasteiger partial charge in [-0.15, -0.1) is 0 Å². The second kappa shape index (κ2) is 10.5. The van der Waals surface area contributed by atoms with Crippen molar-refractivity contribution in [3.63, 3.8) is 0 Å². The molecule has 0 fully saturated rings. The molecule has 0 saturated carbocycles. The molecule has 0 bridgehead atoms. The minimum atomic E-state index is -0.804. The molecule has 0 aliphatic carbocycles. The van der Waals surface area contributed by atoms with E-state index in [-0.39, 0.29) is 6.42 Å². The Hall–Kier alpha value is -3.79. The smallest absolute Gasteiger partial charge is 0.303 e. The SMILES string of the molecule is O=C(O)CCc1ccc(CNc2ccccc2)cc1OCCc1ccc2ccccc2c1. The first-order valence-corrected chi connectivity index (χ1v) is 10.9. The number of hydrogen-bond donors (Lipinski definition) is 2. The Morgan fingerprint density at radius 2 is 1.53 bits per heavy atom. The van der Waals surface area contributed by atoms with E-state index >= 15 is 0 Å². The number of carboxylic acid groups (broad SMARTS) is 1. The minimum Gasteiger partial charge on any atom is -0.493 e. The molecule has 4 rings (SSSR count). The van der Waals surface area contributed by atoms with Crippen LogP contribution in [0.2, 0.25) is 0 Å². The molecule has 4 aromatic carbocycles. The molecule has 0 amide bonds. The third-order valence-corrected chi connectivity index (χ3v) is 5.47. The number of anilines is 1. The first-order chi connectivity index (χ1) is 15.7. The molecule has 0 radical (unpaired) electrons. The van der Waals surface area contributed by atoms with Crippen LogP contribution in [0.25, 0.3) is 10.8 Å². The van der Waals surface area contributed by atoms with Crippen molar-refractivity contribution in [2.24, 2.45) is 0 Å². The lowest BCUT2D eigenvalue weighted by Crippen LogP contribution is -2.07. The zero-order valence-corrected chi connectivity index (χ0v) is 18.0. The maximum atomic E-state index is 11.1. The highest BCUT2D eigenvalue weighted by Crippen LogP contribution is 2.24. The van der Waals surface area contributed by atoms with Gasteiger partial charge in [0.2, 0.25) is 0 Å². The van der Waals surface area contributed by atoms with Gasteiger partial charge in [-0.1, -0.05) is 72.8 Å². The summed E-state index contributed by atoms with van der Waals surface area (Å²) in [5.41, 5.74) is 4.29. The van der Waals surface area contributed by atoms with Gasteiger partial charge in [0.25, 0.3) is 0 Å². The largest absolute Gasteiger partial charge is 0.493 e. The van der Waals surface area contributed by atoms with Crippen LogP contribution in [0.1, 0.15) is 23.1 Å². The zero-order valence-electron chi connectivity index (χ0n) is 18.0. The van der Waals surface area contributed by atoms with E-state index in [4.69, 9.17) is 9.84 Å². The third kappa shape index (κ3) is 5.88. The van der Waals surface area contributed by atoms with Crippen molar-refractivity contribution in [1.82, 2.24) is 0 Å². The molecule has 4 nitrogen and oxygen atoms in total. The maximum Gasteiger partial charge on any atom is 0.303 e. The van der Waals surface area contributed by atoms with Crippen LogP contribution in [0.5, 0.6) is 5.75 Å². The Morgan fingerprint density at radius 3 is 2.34 bits per heavy atom. The molecular weight excluding hydrogens is 398 g/mol. The van der Waals surface area contributed by atoms with Crippen LogP contribution in [0.3, 0.4) is 0 Å². The van der Waals surface area contributed by atoms with E-state index in [1.807, 2.05) is 60.7 Å². The van der Waals surface area contributed by atoms with E-state index in [2.05, 4.69) is 35.6 Å². The highest BCUT2D eigenvalue weighted by atomic mass is 16.5. The summed E-state index contributed by atoms with van der Waals surface area (Å²) in [6.07, 6.45) is 1.32. The van der Waals surface area contributed by atoms with E-state index in [1.165, 1.54) is 16.3 Å². The summed E-state index contributed by atoms with van der Waals surface area (Å²) in [7, 11) is 0. The number of carbonyl (C=O) groups is 1. The number of aryl methyl sites for hydroxylation is 1. The second-order valence-corrected chi connectivity index (χ2v) is 7.84.